The third kappa shape index (κ3) is 9.92. The summed E-state index contributed by atoms with van der Waals surface area (Å²) < 4.78 is 30.7. The van der Waals surface area contributed by atoms with Gasteiger partial charge in [-0.25, -0.2) is 4.98 Å². The fourth-order valence-corrected chi connectivity index (χ4v) is 7.57. The maximum absolute atomic E-state index is 11.3. The van der Waals surface area contributed by atoms with Crippen LogP contribution >= 0.6 is 15.2 Å². The molecule has 0 saturated heterocycles. The van der Waals surface area contributed by atoms with Gasteiger partial charge in [0.25, 0.3) is 0 Å². The van der Waals surface area contributed by atoms with E-state index in [1.54, 1.807) is 24.3 Å². The Morgan fingerprint density at radius 1 is 0.426 bits per heavy atom. The predicted octanol–water partition coefficient (Wildman–Crippen LogP) is 5.00. The van der Waals surface area contributed by atoms with Crippen molar-refractivity contribution >= 4 is 15.2 Å². The van der Waals surface area contributed by atoms with E-state index in [-0.39, 0.29) is 12.3 Å². The molecule has 0 atom stereocenters. The number of aromatic nitrogens is 5. The van der Waals surface area contributed by atoms with Crippen molar-refractivity contribution in [2.24, 2.45) is 0 Å². The van der Waals surface area contributed by atoms with E-state index in [1.165, 1.54) is 0 Å². The summed E-state index contributed by atoms with van der Waals surface area (Å²) in [6.45, 7) is 1.27. The monoisotopic (exact) mass is 759 g/mol. The molecule has 270 valence electrons. The number of rotatable bonds is 12. The molecule has 0 aliphatic heterocycles. The van der Waals surface area contributed by atoms with Gasteiger partial charge in [0.15, 0.2) is 62.7 Å². The largest absolute Gasteiger partial charge is 0.329 e. The molecule has 0 bridgehead atoms. The van der Waals surface area contributed by atoms with Gasteiger partial charge in [-0.05, 0) is 45.5 Å². The number of hydrogen-bond donors (Lipinski definition) is 4. The van der Waals surface area contributed by atoms with Crippen molar-refractivity contribution in [1.29, 1.82) is 0 Å². The lowest BCUT2D eigenvalue weighted by molar-refractivity contribution is -0.690. The third-order valence-corrected chi connectivity index (χ3v) is 10.5. The van der Waals surface area contributed by atoms with Crippen LogP contribution in [0.3, 0.4) is 0 Å². The van der Waals surface area contributed by atoms with E-state index in [9.17, 15) is 28.7 Å². The SMILES string of the molecule is O=P(O)(O)Cc1ccc(-[n+]2ccc(-c3cc[n+](Cc4cccc(C[n+]5ccc(-c6cc[n+](-c7ccc(CP(=O)(O)O)cc7)cc6)cc5)n4)cc3)cc2)cc1. The summed E-state index contributed by atoms with van der Waals surface area (Å²) >= 11 is 0. The maximum Gasteiger partial charge on any atom is 0.329 e. The first-order chi connectivity index (χ1) is 25.9. The second kappa shape index (κ2) is 15.8. The molecule has 13 heteroatoms. The zero-order valence-corrected chi connectivity index (χ0v) is 30.9. The summed E-state index contributed by atoms with van der Waals surface area (Å²) in [6.07, 6.45) is 15.5. The number of benzene rings is 2. The van der Waals surface area contributed by atoms with Crippen molar-refractivity contribution < 1.29 is 47.0 Å². The van der Waals surface area contributed by atoms with Crippen LogP contribution < -0.4 is 18.3 Å². The van der Waals surface area contributed by atoms with Gasteiger partial charge in [-0.15, -0.1) is 0 Å². The summed E-state index contributed by atoms with van der Waals surface area (Å²) in [5.41, 5.74) is 9.23. The minimum Gasteiger partial charge on any atom is -0.324 e. The van der Waals surface area contributed by atoms with Gasteiger partial charge >= 0.3 is 15.2 Å². The second-order valence-corrected chi connectivity index (χ2v) is 16.4. The lowest BCUT2D eigenvalue weighted by Gasteiger charge is -2.05. The van der Waals surface area contributed by atoms with Crippen LogP contribution in [0, 0.1) is 0 Å². The van der Waals surface area contributed by atoms with Gasteiger partial charge in [-0.1, -0.05) is 30.3 Å². The molecule has 0 amide bonds. The Morgan fingerprint density at radius 2 is 0.741 bits per heavy atom. The van der Waals surface area contributed by atoms with E-state index >= 15 is 0 Å². The molecule has 0 unspecified atom stereocenters. The molecule has 7 aromatic rings. The average molecular weight is 760 g/mol. The normalized spacial score (nSPS) is 11.8. The summed E-state index contributed by atoms with van der Waals surface area (Å²) in [7, 11) is -8.20. The highest BCUT2D eigenvalue weighted by molar-refractivity contribution is 7.51. The van der Waals surface area contributed by atoms with Crippen LogP contribution in [0.4, 0.5) is 0 Å². The molecular weight excluding hydrogens is 720 g/mol. The highest BCUT2D eigenvalue weighted by atomic mass is 31.2. The Labute approximate surface area is 312 Å². The average Bonchev–Trinajstić information content (AvgIpc) is 3.15. The molecule has 11 nitrogen and oxygen atoms in total. The van der Waals surface area contributed by atoms with Gasteiger partial charge in [0, 0.05) is 72.8 Å². The zero-order chi connectivity index (χ0) is 37.7. The smallest absolute Gasteiger partial charge is 0.324 e. The van der Waals surface area contributed by atoms with Crippen molar-refractivity contribution in [3.63, 3.8) is 0 Å². The van der Waals surface area contributed by atoms with Crippen molar-refractivity contribution in [1.82, 2.24) is 4.98 Å². The maximum atomic E-state index is 11.3. The van der Waals surface area contributed by atoms with Crippen molar-refractivity contribution in [3.8, 4) is 33.6 Å². The van der Waals surface area contributed by atoms with Gasteiger partial charge in [0.05, 0.1) is 12.3 Å². The molecule has 54 heavy (non-hydrogen) atoms. The van der Waals surface area contributed by atoms with Gasteiger partial charge in [0.2, 0.25) is 11.4 Å². The number of hydrogen-bond acceptors (Lipinski definition) is 3. The van der Waals surface area contributed by atoms with Crippen LogP contribution in [-0.2, 0) is 34.5 Å². The van der Waals surface area contributed by atoms with Gasteiger partial charge < -0.3 is 19.6 Å². The van der Waals surface area contributed by atoms with Crippen LogP contribution in [0.1, 0.15) is 22.5 Å². The summed E-state index contributed by atoms with van der Waals surface area (Å²) in [5, 5.41) is 0. The Kier molecular flexibility index (Phi) is 10.8. The topological polar surface area (TPSA) is 143 Å². The molecule has 0 fully saturated rings. The summed E-state index contributed by atoms with van der Waals surface area (Å²) in [6, 6.07) is 36.9. The first-order valence-corrected chi connectivity index (χ1v) is 20.8. The molecule has 2 aromatic carbocycles. The Morgan fingerprint density at radius 3 is 1.06 bits per heavy atom. The molecule has 0 saturated carbocycles. The summed E-state index contributed by atoms with van der Waals surface area (Å²) in [4.78, 5) is 41.8. The Hall–Kier alpha value is -5.51. The zero-order valence-electron chi connectivity index (χ0n) is 29.2. The quantitative estimate of drug-likeness (QED) is 0.102. The second-order valence-electron chi connectivity index (χ2n) is 13.1. The van der Waals surface area contributed by atoms with Gasteiger partial charge in [-0.2, -0.15) is 18.3 Å². The Bertz CT molecular complexity index is 2280. The van der Waals surface area contributed by atoms with Crippen LogP contribution in [0.5, 0.6) is 0 Å². The van der Waals surface area contributed by atoms with E-state index in [4.69, 9.17) is 4.98 Å². The van der Waals surface area contributed by atoms with Crippen LogP contribution in [0.15, 0.2) is 165 Å². The highest BCUT2D eigenvalue weighted by Gasteiger charge is 2.17. The third-order valence-electron chi connectivity index (χ3n) is 8.91. The standard InChI is InChI=1S/C41H35N5O6P2/c47-53(48,49)30-32-4-8-40(9-5-32)45-24-16-36(17-25-45)34-12-20-43(21-13-34)28-38-2-1-3-39(42-38)29-44-22-14-35(15-23-44)37-18-26-46(27-19-37)41-10-6-33(7-11-41)31-54(50,51)52/h1-27H,28-31H2/p+4. The number of pyridine rings is 5. The molecule has 0 spiro atoms. The van der Waals surface area contributed by atoms with Crippen LogP contribution in [-0.4, -0.2) is 24.6 Å². The molecule has 5 heterocycles. The first-order valence-electron chi connectivity index (χ1n) is 17.2. The first kappa shape index (κ1) is 36.8. The molecule has 0 radical (unpaired) electrons. The molecule has 0 aliphatic rings. The van der Waals surface area contributed by atoms with Crippen LogP contribution in [0.25, 0.3) is 33.6 Å². The van der Waals surface area contributed by atoms with E-state index in [0.29, 0.717) is 24.2 Å². The Balaban J connectivity index is 0.940. The highest BCUT2D eigenvalue weighted by Crippen LogP contribution is 2.39. The molecule has 4 N–H and O–H groups in total. The van der Waals surface area contributed by atoms with Gasteiger partial charge in [-0.3, -0.25) is 9.13 Å². The van der Waals surface area contributed by atoms with Gasteiger partial charge in [0.1, 0.15) is 11.4 Å². The fourth-order valence-electron chi connectivity index (χ4n) is 6.19. The van der Waals surface area contributed by atoms with E-state index in [1.807, 2.05) is 101 Å². The molecular formula is C41H39N5O6P2+4. The lowest BCUT2D eigenvalue weighted by Crippen LogP contribution is -2.35. The fraction of sp³-hybridized carbons (Fsp3) is 0.0976. The molecule has 0 aliphatic carbocycles. The minimum absolute atomic E-state index is 0.270. The lowest BCUT2D eigenvalue weighted by atomic mass is 10.1. The van der Waals surface area contributed by atoms with Crippen molar-refractivity contribution in [2.45, 2.75) is 25.4 Å². The van der Waals surface area contributed by atoms with E-state index < -0.39 is 15.2 Å². The number of nitrogens with zero attached hydrogens (tertiary/aromatic N) is 5. The summed E-state index contributed by atoms with van der Waals surface area (Å²) in [5.74, 6) is 0. The minimum atomic E-state index is -4.10. The van der Waals surface area contributed by atoms with E-state index in [2.05, 4.69) is 58.2 Å². The van der Waals surface area contributed by atoms with Crippen LogP contribution in [0.2, 0.25) is 0 Å². The predicted molar refractivity (Wildman–Crippen MR) is 201 cm³/mol. The van der Waals surface area contributed by atoms with Crippen molar-refractivity contribution in [2.75, 3.05) is 0 Å². The molecule has 7 rings (SSSR count). The molecule has 5 aromatic heterocycles. The van der Waals surface area contributed by atoms with E-state index in [0.717, 1.165) is 45.0 Å². The van der Waals surface area contributed by atoms with Crippen molar-refractivity contribution in [3.05, 3.63) is 187 Å².